The molecule has 0 bridgehead atoms. The highest BCUT2D eigenvalue weighted by Gasteiger charge is 2.13. The SMILES string of the molecule is O=C1N=c2ccccc2=C/C1=C\c1sc(=O)[nH]c1Nc1cccc(Cl)c1. The molecule has 1 aliphatic rings. The van der Waals surface area contributed by atoms with Crippen LogP contribution in [0.25, 0.3) is 12.2 Å². The van der Waals surface area contributed by atoms with Crippen molar-refractivity contribution in [1.29, 1.82) is 0 Å². The van der Waals surface area contributed by atoms with Gasteiger partial charge in [-0.05, 0) is 36.4 Å². The van der Waals surface area contributed by atoms with Crippen molar-refractivity contribution in [2.45, 2.75) is 0 Å². The number of anilines is 2. The zero-order valence-corrected chi connectivity index (χ0v) is 14.9. The fraction of sp³-hybridized carbons (Fsp3) is 0. The van der Waals surface area contributed by atoms with E-state index in [-0.39, 0.29) is 10.8 Å². The second-order valence-corrected chi connectivity index (χ2v) is 7.06. The lowest BCUT2D eigenvalue weighted by atomic mass is 10.1. The molecule has 4 rings (SSSR count). The van der Waals surface area contributed by atoms with Crippen LogP contribution in [0.15, 0.2) is 63.9 Å². The third-order valence-corrected chi connectivity index (χ3v) is 4.84. The third-order valence-electron chi connectivity index (χ3n) is 3.77. The summed E-state index contributed by atoms with van der Waals surface area (Å²) in [4.78, 5) is 31.4. The van der Waals surface area contributed by atoms with Gasteiger partial charge in [-0.2, -0.15) is 0 Å². The fourth-order valence-electron chi connectivity index (χ4n) is 2.60. The highest BCUT2D eigenvalue weighted by atomic mass is 35.5. The summed E-state index contributed by atoms with van der Waals surface area (Å²) in [6, 6.07) is 14.6. The first-order valence-corrected chi connectivity index (χ1v) is 8.95. The Balaban J connectivity index is 1.75. The van der Waals surface area contributed by atoms with Gasteiger partial charge in [-0.15, -0.1) is 0 Å². The summed E-state index contributed by atoms with van der Waals surface area (Å²) < 4.78 is 0. The number of thiazole rings is 1. The van der Waals surface area contributed by atoms with Crippen molar-refractivity contribution in [2.75, 3.05) is 5.32 Å². The van der Waals surface area contributed by atoms with Crippen LogP contribution in [0.3, 0.4) is 0 Å². The fourth-order valence-corrected chi connectivity index (χ4v) is 3.54. The van der Waals surface area contributed by atoms with Crippen molar-refractivity contribution in [3.05, 3.63) is 84.2 Å². The molecule has 1 aliphatic heterocycles. The molecule has 0 atom stereocenters. The van der Waals surface area contributed by atoms with E-state index in [1.54, 1.807) is 30.4 Å². The first kappa shape index (κ1) is 16.5. The Morgan fingerprint density at radius 2 is 1.96 bits per heavy atom. The summed E-state index contributed by atoms with van der Waals surface area (Å²) in [6.45, 7) is 0. The number of aromatic nitrogens is 1. The Morgan fingerprint density at radius 1 is 1.12 bits per heavy atom. The van der Waals surface area contributed by atoms with Gasteiger partial charge in [0.2, 0.25) is 0 Å². The van der Waals surface area contributed by atoms with Gasteiger partial charge in [0.05, 0.1) is 10.2 Å². The molecule has 128 valence electrons. The van der Waals surface area contributed by atoms with Gasteiger partial charge in [0.25, 0.3) is 5.91 Å². The summed E-state index contributed by atoms with van der Waals surface area (Å²) >= 11 is 7.01. The molecule has 0 spiro atoms. The Morgan fingerprint density at radius 3 is 2.81 bits per heavy atom. The number of nitrogens with one attached hydrogen (secondary N) is 2. The number of rotatable bonds is 3. The molecule has 2 N–H and O–H groups in total. The highest BCUT2D eigenvalue weighted by Crippen LogP contribution is 2.25. The molecule has 3 aromatic rings. The summed E-state index contributed by atoms with van der Waals surface area (Å²) in [5.41, 5.74) is 1.16. The van der Waals surface area contributed by atoms with Crippen molar-refractivity contribution in [1.82, 2.24) is 4.98 Å². The molecule has 0 saturated carbocycles. The van der Waals surface area contributed by atoms with Crippen LogP contribution < -0.4 is 20.8 Å². The van der Waals surface area contributed by atoms with Crippen molar-refractivity contribution < 1.29 is 4.79 Å². The van der Waals surface area contributed by atoms with E-state index in [1.807, 2.05) is 30.3 Å². The number of fused-ring (bicyclic) bond motifs is 1. The molecule has 5 nitrogen and oxygen atoms in total. The van der Waals surface area contributed by atoms with Crippen molar-refractivity contribution in [2.24, 2.45) is 4.99 Å². The van der Waals surface area contributed by atoms with Crippen LogP contribution >= 0.6 is 22.9 Å². The maximum Gasteiger partial charge on any atom is 0.306 e. The molecule has 0 saturated heterocycles. The van der Waals surface area contributed by atoms with Crippen LogP contribution in [0.1, 0.15) is 4.88 Å². The van der Waals surface area contributed by atoms with Gasteiger partial charge in [-0.3, -0.25) is 14.6 Å². The van der Waals surface area contributed by atoms with Crippen molar-refractivity contribution in [3.63, 3.8) is 0 Å². The molecule has 0 aliphatic carbocycles. The number of nitrogens with zero attached hydrogens (tertiary/aromatic N) is 1. The van der Waals surface area contributed by atoms with Crippen LogP contribution in [0.4, 0.5) is 11.5 Å². The second kappa shape index (κ2) is 6.74. The molecule has 1 amide bonds. The van der Waals surface area contributed by atoms with Crippen LogP contribution in [0.2, 0.25) is 5.02 Å². The maximum absolute atomic E-state index is 12.3. The summed E-state index contributed by atoms with van der Waals surface area (Å²) in [7, 11) is 0. The van der Waals surface area contributed by atoms with E-state index >= 15 is 0 Å². The molecule has 2 heterocycles. The van der Waals surface area contributed by atoms with Crippen LogP contribution in [0, 0.1) is 0 Å². The lowest BCUT2D eigenvalue weighted by molar-refractivity contribution is -0.114. The van der Waals surface area contributed by atoms with Gasteiger partial charge < -0.3 is 5.32 Å². The zero-order chi connectivity index (χ0) is 18.1. The standard InChI is InChI=1S/C19H12ClN3O2S/c20-13-5-3-6-14(10-13)21-17-16(26-19(25)23-17)9-12-8-11-4-1-2-7-15(11)22-18(12)24/h1-10,21H,(H,23,25)/b12-9+. The number of amides is 1. The molecule has 7 heteroatoms. The van der Waals surface area contributed by atoms with Gasteiger partial charge in [0.15, 0.2) is 0 Å². The van der Waals surface area contributed by atoms with Gasteiger partial charge in [-0.1, -0.05) is 47.2 Å². The van der Waals surface area contributed by atoms with Crippen LogP contribution in [-0.2, 0) is 4.79 Å². The number of halogens is 1. The number of carbonyl (C=O) groups excluding carboxylic acids is 1. The number of carbonyl (C=O) groups is 1. The minimum atomic E-state index is -0.335. The van der Waals surface area contributed by atoms with E-state index in [1.165, 1.54) is 0 Å². The van der Waals surface area contributed by atoms with Crippen molar-refractivity contribution in [3.8, 4) is 0 Å². The number of hydrogen-bond donors (Lipinski definition) is 2. The Hall–Kier alpha value is -2.96. The average molecular weight is 382 g/mol. The number of hydrogen-bond acceptors (Lipinski definition) is 4. The maximum atomic E-state index is 12.3. The normalized spacial score (nSPS) is 14.5. The topological polar surface area (TPSA) is 74.3 Å². The van der Waals surface area contributed by atoms with Gasteiger partial charge >= 0.3 is 4.87 Å². The van der Waals surface area contributed by atoms with Gasteiger partial charge in [0.1, 0.15) is 5.82 Å². The van der Waals surface area contributed by atoms with Crippen LogP contribution in [0.5, 0.6) is 0 Å². The molecule has 0 unspecified atom stereocenters. The first-order chi connectivity index (χ1) is 12.6. The second-order valence-electron chi connectivity index (χ2n) is 5.61. The first-order valence-electron chi connectivity index (χ1n) is 7.76. The molecule has 0 fully saturated rings. The monoisotopic (exact) mass is 381 g/mol. The molecule has 26 heavy (non-hydrogen) atoms. The van der Waals surface area contributed by atoms with Gasteiger partial charge in [-0.25, -0.2) is 4.99 Å². The predicted octanol–water partition coefficient (Wildman–Crippen LogP) is 2.86. The molecule has 2 aromatic carbocycles. The lowest BCUT2D eigenvalue weighted by Gasteiger charge is -2.06. The Bertz CT molecular complexity index is 1220. The smallest absolute Gasteiger partial charge is 0.306 e. The Labute approximate surface area is 157 Å². The lowest BCUT2D eigenvalue weighted by Crippen LogP contribution is -2.29. The van der Waals surface area contributed by atoms with E-state index in [0.717, 1.165) is 22.2 Å². The number of para-hydroxylation sites is 1. The molecule has 1 aromatic heterocycles. The quantitative estimate of drug-likeness (QED) is 0.685. The molecule has 0 radical (unpaired) electrons. The third kappa shape index (κ3) is 3.37. The van der Waals surface area contributed by atoms with Crippen molar-refractivity contribution >= 4 is 52.5 Å². The minimum Gasteiger partial charge on any atom is -0.340 e. The summed E-state index contributed by atoms with van der Waals surface area (Å²) in [5.74, 6) is 0.174. The van der Waals surface area contributed by atoms with E-state index in [0.29, 0.717) is 26.6 Å². The van der Waals surface area contributed by atoms with E-state index in [4.69, 9.17) is 11.6 Å². The Kier molecular flexibility index (Phi) is 4.28. The van der Waals surface area contributed by atoms with Gasteiger partial charge in [0, 0.05) is 21.5 Å². The molecular formula is C19H12ClN3O2S. The minimum absolute atomic E-state index is 0.220. The van der Waals surface area contributed by atoms with Crippen LogP contribution in [-0.4, -0.2) is 10.9 Å². The average Bonchev–Trinajstić information content (AvgIpc) is 2.94. The highest BCUT2D eigenvalue weighted by molar-refractivity contribution is 7.10. The van der Waals surface area contributed by atoms with E-state index < -0.39 is 0 Å². The van der Waals surface area contributed by atoms with E-state index in [2.05, 4.69) is 15.3 Å². The zero-order valence-electron chi connectivity index (χ0n) is 13.3. The number of H-pyrrole nitrogens is 1. The summed E-state index contributed by atoms with van der Waals surface area (Å²) in [5, 5.41) is 5.22. The number of benzene rings is 2. The van der Waals surface area contributed by atoms with E-state index in [9.17, 15) is 9.59 Å². The largest absolute Gasteiger partial charge is 0.340 e. The molecular weight excluding hydrogens is 370 g/mol. The predicted molar refractivity (Wildman–Crippen MR) is 104 cm³/mol. The summed E-state index contributed by atoms with van der Waals surface area (Å²) in [6.07, 6.45) is 3.44. The number of aromatic amines is 1.